The van der Waals surface area contributed by atoms with Crippen molar-refractivity contribution < 1.29 is 0 Å². The molecule has 0 spiro atoms. The molecule has 80 valence electrons. The van der Waals surface area contributed by atoms with Crippen LogP contribution in [0, 0.1) is 18.3 Å². The van der Waals surface area contributed by atoms with Crippen molar-refractivity contribution in [3.8, 4) is 6.07 Å². The van der Waals surface area contributed by atoms with Crippen LogP contribution in [-0.4, -0.2) is 10.2 Å². The number of rotatable bonds is 3. The van der Waals surface area contributed by atoms with E-state index in [0.717, 1.165) is 26.2 Å². The van der Waals surface area contributed by atoms with Gasteiger partial charge in [-0.3, -0.25) is 0 Å². The van der Waals surface area contributed by atoms with Crippen molar-refractivity contribution in [3.05, 3.63) is 40.4 Å². The Balaban J connectivity index is 2.08. The number of nitrogens with zero attached hydrogens (tertiary/aromatic N) is 3. The second-order valence-corrected chi connectivity index (χ2v) is 5.55. The van der Waals surface area contributed by atoms with Crippen LogP contribution in [0.5, 0.6) is 0 Å². The molecule has 0 aliphatic heterocycles. The highest BCUT2D eigenvalue weighted by Crippen LogP contribution is 2.26. The van der Waals surface area contributed by atoms with E-state index in [9.17, 15) is 0 Å². The zero-order valence-corrected chi connectivity index (χ0v) is 10.3. The predicted octanol–water partition coefficient (Wildman–Crippen LogP) is 3.01. The number of thioether (sulfide) groups is 1. The monoisotopic (exact) mass is 247 g/mol. The van der Waals surface area contributed by atoms with E-state index in [1.165, 1.54) is 0 Å². The van der Waals surface area contributed by atoms with Crippen LogP contribution >= 0.6 is 23.1 Å². The Morgan fingerprint density at radius 2 is 2.19 bits per heavy atom. The van der Waals surface area contributed by atoms with Gasteiger partial charge in [-0.05, 0) is 18.6 Å². The van der Waals surface area contributed by atoms with Gasteiger partial charge in [0.05, 0.1) is 11.6 Å². The minimum absolute atomic E-state index is 0.733. The maximum atomic E-state index is 8.94. The lowest BCUT2D eigenvalue weighted by Crippen LogP contribution is -1.86. The fourth-order valence-electron chi connectivity index (χ4n) is 1.23. The fourth-order valence-corrected chi connectivity index (χ4v) is 3.05. The summed E-state index contributed by atoms with van der Waals surface area (Å²) in [7, 11) is 0. The summed E-state index contributed by atoms with van der Waals surface area (Å²) >= 11 is 3.20. The van der Waals surface area contributed by atoms with Gasteiger partial charge >= 0.3 is 0 Å². The van der Waals surface area contributed by atoms with E-state index in [1.807, 2.05) is 31.2 Å². The molecule has 0 saturated heterocycles. The molecule has 1 aromatic heterocycles. The molecule has 5 heteroatoms. The Morgan fingerprint density at radius 3 is 2.88 bits per heavy atom. The van der Waals surface area contributed by atoms with Crippen LogP contribution < -0.4 is 0 Å². The van der Waals surface area contributed by atoms with Crippen molar-refractivity contribution in [2.75, 3.05) is 0 Å². The molecule has 0 fully saturated rings. The van der Waals surface area contributed by atoms with Gasteiger partial charge in [0.1, 0.15) is 5.01 Å². The first-order chi connectivity index (χ1) is 7.79. The summed E-state index contributed by atoms with van der Waals surface area (Å²) in [6, 6.07) is 9.82. The average Bonchev–Trinajstić information content (AvgIpc) is 2.73. The van der Waals surface area contributed by atoms with Gasteiger partial charge in [-0.2, -0.15) is 5.26 Å². The maximum Gasteiger partial charge on any atom is 0.174 e. The Labute approximate surface area is 102 Å². The summed E-state index contributed by atoms with van der Waals surface area (Å²) in [5.74, 6) is 0.762. The number of hydrogen-bond acceptors (Lipinski definition) is 5. The Kier molecular flexibility index (Phi) is 3.54. The van der Waals surface area contributed by atoms with Crippen LogP contribution in [0.4, 0.5) is 0 Å². The molecule has 0 aliphatic rings. The van der Waals surface area contributed by atoms with Crippen LogP contribution in [0.3, 0.4) is 0 Å². The van der Waals surface area contributed by atoms with Crippen LogP contribution in [0.15, 0.2) is 28.6 Å². The molecule has 0 amide bonds. The first-order valence-electron chi connectivity index (χ1n) is 4.70. The SMILES string of the molecule is Cc1nnc(SCc2ccccc2C#N)s1. The summed E-state index contributed by atoms with van der Waals surface area (Å²) < 4.78 is 0.949. The van der Waals surface area contributed by atoms with Crippen molar-refractivity contribution in [1.82, 2.24) is 10.2 Å². The molecule has 0 unspecified atom stereocenters. The van der Waals surface area contributed by atoms with Crippen molar-refractivity contribution in [1.29, 1.82) is 5.26 Å². The van der Waals surface area contributed by atoms with Gasteiger partial charge < -0.3 is 0 Å². The quantitative estimate of drug-likeness (QED) is 0.782. The molecule has 0 saturated carbocycles. The molecule has 16 heavy (non-hydrogen) atoms. The smallest absolute Gasteiger partial charge is 0.174 e. The van der Waals surface area contributed by atoms with E-state index in [1.54, 1.807) is 23.1 Å². The third-order valence-corrected chi connectivity index (χ3v) is 4.02. The second kappa shape index (κ2) is 5.10. The molecular formula is C11H9N3S2. The van der Waals surface area contributed by atoms with Crippen molar-refractivity contribution in [2.45, 2.75) is 17.0 Å². The van der Waals surface area contributed by atoms with Gasteiger partial charge in [0, 0.05) is 5.75 Å². The molecule has 0 radical (unpaired) electrons. The Morgan fingerprint density at radius 1 is 1.38 bits per heavy atom. The molecule has 3 nitrogen and oxygen atoms in total. The second-order valence-electron chi connectivity index (χ2n) is 3.14. The molecule has 1 heterocycles. The summed E-state index contributed by atoms with van der Waals surface area (Å²) in [6.45, 7) is 1.94. The summed E-state index contributed by atoms with van der Waals surface area (Å²) in [6.07, 6.45) is 0. The number of aromatic nitrogens is 2. The standard InChI is InChI=1S/C11H9N3S2/c1-8-13-14-11(16-8)15-7-10-5-3-2-4-9(10)6-12/h2-5H,7H2,1H3. The van der Waals surface area contributed by atoms with Gasteiger partial charge in [0.2, 0.25) is 0 Å². The zero-order valence-electron chi connectivity index (χ0n) is 8.67. The van der Waals surface area contributed by atoms with Crippen molar-refractivity contribution in [3.63, 3.8) is 0 Å². The molecule has 2 rings (SSSR count). The largest absolute Gasteiger partial charge is 0.192 e. The Bertz CT molecular complexity index is 528. The zero-order chi connectivity index (χ0) is 11.4. The first kappa shape index (κ1) is 11.1. The predicted molar refractivity (Wildman–Crippen MR) is 65.4 cm³/mol. The topological polar surface area (TPSA) is 49.6 Å². The third-order valence-electron chi connectivity index (χ3n) is 2.00. The normalized spacial score (nSPS) is 10.0. The van der Waals surface area contributed by atoms with E-state index in [2.05, 4.69) is 16.3 Å². The van der Waals surface area contributed by atoms with Gasteiger partial charge in [0.15, 0.2) is 4.34 Å². The minimum atomic E-state index is 0.733. The average molecular weight is 247 g/mol. The summed E-state index contributed by atoms with van der Waals surface area (Å²) in [5.41, 5.74) is 1.78. The first-order valence-corrected chi connectivity index (χ1v) is 6.50. The third kappa shape index (κ3) is 2.60. The van der Waals surface area contributed by atoms with Crippen LogP contribution in [0.2, 0.25) is 0 Å². The van der Waals surface area contributed by atoms with E-state index >= 15 is 0 Å². The van der Waals surface area contributed by atoms with Gasteiger partial charge in [-0.15, -0.1) is 10.2 Å². The molecular weight excluding hydrogens is 238 g/mol. The lowest BCUT2D eigenvalue weighted by molar-refractivity contribution is 0.983. The van der Waals surface area contributed by atoms with E-state index in [0.29, 0.717) is 0 Å². The van der Waals surface area contributed by atoms with Gasteiger partial charge in [-0.1, -0.05) is 41.3 Å². The van der Waals surface area contributed by atoms with Crippen molar-refractivity contribution in [2.24, 2.45) is 0 Å². The molecule has 2 aromatic rings. The fraction of sp³-hybridized carbons (Fsp3) is 0.182. The highest BCUT2D eigenvalue weighted by Gasteiger charge is 2.04. The number of benzene rings is 1. The molecule has 0 N–H and O–H groups in total. The maximum absolute atomic E-state index is 8.94. The summed E-state index contributed by atoms with van der Waals surface area (Å²) in [5, 5.41) is 17.9. The van der Waals surface area contributed by atoms with Crippen LogP contribution in [0.1, 0.15) is 16.1 Å². The van der Waals surface area contributed by atoms with Crippen LogP contribution in [-0.2, 0) is 5.75 Å². The molecule has 0 aliphatic carbocycles. The Hall–Kier alpha value is -1.38. The molecule has 0 atom stereocenters. The van der Waals surface area contributed by atoms with Gasteiger partial charge in [0.25, 0.3) is 0 Å². The van der Waals surface area contributed by atoms with Crippen molar-refractivity contribution >= 4 is 23.1 Å². The number of hydrogen-bond donors (Lipinski definition) is 0. The highest BCUT2D eigenvalue weighted by atomic mass is 32.2. The molecule has 0 bridgehead atoms. The minimum Gasteiger partial charge on any atom is -0.192 e. The number of nitriles is 1. The van der Waals surface area contributed by atoms with Crippen LogP contribution in [0.25, 0.3) is 0 Å². The van der Waals surface area contributed by atoms with E-state index < -0.39 is 0 Å². The molecule has 1 aromatic carbocycles. The lowest BCUT2D eigenvalue weighted by Gasteiger charge is -2.00. The van der Waals surface area contributed by atoms with E-state index in [4.69, 9.17) is 5.26 Å². The van der Waals surface area contributed by atoms with E-state index in [-0.39, 0.29) is 0 Å². The summed E-state index contributed by atoms with van der Waals surface area (Å²) in [4.78, 5) is 0. The lowest BCUT2D eigenvalue weighted by atomic mass is 10.1. The number of aryl methyl sites for hydroxylation is 1. The highest BCUT2D eigenvalue weighted by molar-refractivity contribution is 8.00. The van der Waals surface area contributed by atoms with Gasteiger partial charge in [-0.25, -0.2) is 0 Å².